The Morgan fingerprint density at radius 1 is 1.05 bits per heavy atom. The number of thiophene rings is 1. The second kappa shape index (κ2) is 5.87. The van der Waals surface area contributed by atoms with Gasteiger partial charge in [0.2, 0.25) is 0 Å². The van der Waals surface area contributed by atoms with Gasteiger partial charge in [-0.1, -0.05) is 44.9 Å². The summed E-state index contributed by atoms with van der Waals surface area (Å²) in [5, 5.41) is 4.47. The van der Waals surface area contributed by atoms with Gasteiger partial charge in [-0.3, -0.25) is 0 Å². The first kappa shape index (κ1) is 14.1. The number of halogens is 1. The Kier molecular flexibility index (Phi) is 4.35. The highest BCUT2D eigenvalue weighted by Crippen LogP contribution is 2.49. The number of rotatable bonds is 2. The zero-order valence-corrected chi connectivity index (χ0v) is 13.9. The van der Waals surface area contributed by atoms with Crippen LogP contribution in [0.2, 0.25) is 0 Å². The van der Waals surface area contributed by atoms with Crippen LogP contribution in [0, 0.1) is 11.8 Å². The summed E-state index contributed by atoms with van der Waals surface area (Å²) in [6.45, 7) is 0. The van der Waals surface area contributed by atoms with Crippen LogP contribution in [0.15, 0.2) is 15.2 Å². The molecule has 0 bridgehead atoms. The lowest BCUT2D eigenvalue weighted by molar-refractivity contribution is 0.0984. The molecule has 1 aromatic heterocycles. The zero-order valence-electron chi connectivity index (χ0n) is 11.5. The van der Waals surface area contributed by atoms with Crippen LogP contribution in [0.25, 0.3) is 0 Å². The summed E-state index contributed by atoms with van der Waals surface area (Å²) in [6, 6.07) is 0. The third-order valence-corrected chi connectivity index (χ3v) is 7.05. The summed E-state index contributed by atoms with van der Waals surface area (Å²) in [6.07, 6.45) is 12.3. The molecule has 2 fully saturated rings. The molecule has 1 heterocycles. The van der Waals surface area contributed by atoms with Crippen LogP contribution in [0.1, 0.15) is 63.4 Å². The highest BCUT2D eigenvalue weighted by Gasteiger charge is 2.43. The maximum Gasteiger partial charge on any atom is 0.0460 e. The summed E-state index contributed by atoms with van der Waals surface area (Å²) in [5.41, 5.74) is 8.29. The Hall–Kier alpha value is 0.140. The first-order valence-electron chi connectivity index (χ1n) is 7.73. The molecule has 2 N–H and O–H groups in total. The van der Waals surface area contributed by atoms with Crippen molar-refractivity contribution in [2.24, 2.45) is 17.6 Å². The molecule has 19 heavy (non-hydrogen) atoms. The van der Waals surface area contributed by atoms with Crippen molar-refractivity contribution in [1.82, 2.24) is 0 Å². The largest absolute Gasteiger partial charge is 0.321 e. The standard InChI is InChI=1S/C16H24BrNS/c17-15-11-19-10-14(15)16(18)9-5-4-8-13(16)12-6-2-1-3-7-12/h10-13H,1-9,18H2. The molecule has 0 aromatic carbocycles. The zero-order chi connectivity index (χ0) is 13.3. The fourth-order valence-corrected chi connectivity index (χ4v) is 6.12. The van der Waals surface area contributed by atoms with E-state index in [9.17, 15) is 0 Å². The van der Waals surface area contributed by atoms with Crippen LogP contribution in [0.3, 0.4) is 0 Å². The first-order valence-corrected chi connectivity index (χ1v) is 9.46. The fraction of sp³-hybridized carbons (Fsp3) is 0.750. The minimum Gasteiger partial charge on any atom is -0.321 e. The molecule has 3 heteroatoms. The number of hydrogen-bond acceptors (Lipinski definition) is 2. The maximum absolute atomic E-state index is 6.98. The Morgan fingerprint density at radius 2 is 1.79 bits per heavy atom. The maximum atomic E-state index is 6.98. The Bertz CT molecular complexity index is 424. The van der Waals surface area contributed by atoms with E-state index in [1.165, 1.54) is 67.8 Å². The van der Waals surface area contributed by atoms with Gasteiger partial charge in [0.05, 0.1) is 0 Å². The van der Waals surface area contributed by atoms with Crippen molar-refractivity contribution in [2.75, 3.05) is 0 Å². The van der Waals surface area contributed by atoms with Crippen LogP contribution in [-0.4, -0.2) is 0 Å². The van der Waals surface area contributed by atoms with Gasteiger partial charge in [0, 0.05) is 15.4 Å². The molecule has 0 radical (unpaired) electrons. The van der Waals surface area contributed by atoms with E-state index in [1.807, 2.05) is 0 Å². The van der Waals surface area contributed by atoms with E-state index in [0.29, 0.717) is 5.92 Å². The third kappa shape index (κ3) is 2.66. The molecule has 2 atom stereocenters. The summed E-state index contributed by atoms with van der Waals surface area (Å²) < 4.78 is 1.24. The lowest BCUT2D eigenvalue weighted by atomic mass is 9.62. The summed E-state index contributed by atoms with van der Waals surface area (Å²) >= 11 is 5.50. The highest BCUT2D eigenvalue weighted by molar-refractivity contribution is 9.10. The minimum atomic E-state index is -0.0703. The molecule has 2 unspecified atom stereocenters. The number of nitrogens with two attached hydrogens (primary N) is 1. The van der Waals surface area contributed by atoms with Crippen molar-refractivity contribution in [3.05, 3.63) is 20.8 Å². The predicted molar refractivity (Wildman–Crippen MR) is 86.4 cm³/mol. The van der Waals surface area contributed by atoms with Crippen molar-refractivity contribution >= 4 is 27.3 Å². The summed E-state index contributed by atoms with van der Waals surface area (Å²) in [7, 11) is 0. The summed E-state index contributed by atoms with van der Waals surface area (Å²) in [5.74, 6) is 1.57. The Labute approximate surface area is 129 Å². The molecule has 0 saturated heterocycles. The van der Waals surface area contributed by atoms with Gasteiger partial charge in [-0.25, -0.2) is 0 Å². The minimum absolute atomic E-state index is 0.0703. The van der Waals surface area contributed by atoms with E-state index in [4.69, 9.17) is 5.73 Å². The molecular formula is C16H24BrNS. The second-order valence-corrected chi connectivity index (χ2v) is 8.02. The average Bonchev–Trinajstić information content (AvgIpc) is 2.87. The van der Waals surface area contributed by atoms with Crippen LogP contribution >= 0.6 is 27.3 Å². The van der Waals surface area contributed by atoms with Crippen molar-refractivity contribution in [3.8, 4) is 0 Å². The van der Waals surface area contributed by atoms with Crippen LogP contribution in [-0.2, 0) is 5.54 Å². The number of hydrogen-bond donors (Lipinski definition) is 1. The molecule has 1 nitrogen and oxygen atoms in total. The third-order valence-electron chi connectivity index (χ3n) is 5.35. The van der Waals surface area contributed by atoms with E-state index in [0.717, 1.165) is 5.92 Å². The SMILES string of the molecule is NC1(c2cscc2Br)CCCCC1C1CCCCC1. The van der Waals surface area contributed by atoms with Gasteiger partial charge >= 0.3 is 0 Å². The monoisotopic (exact) mass is 341 g/mol. The van der Waals surface area contributed by atoms with Crippen molar-refractivity contribution in [1.29, 1.82) is 0 Å². The van der Waals surface area contributed by atoms with Gasteiger partial charge in [0.1, 0.15) is 0 Å². The average molecular weight is 342 g/mol. The van der Waals surface area contributed by atoms with E-state index in [2.05, 4.69) is 26.7 Å². The Morgan fingerprint density at radius 3 is 2.47 bits per heavy atom. The van der Waals surface area contributed by atoms with E-state index in [1.54, 1.807) is 11.3 Å². The van der Waals surface area contributed by atoms with E-state index in [-0.39, 0.29) is 5.54 Å². The summed E-state index contributed by atoms with van der Waals surface area (Å²) in [4.78, 5) is 0. The van der Waals surface area contributed by atoms with Crippen molar-refractivity contribution in [2.45, 2.75) is 63.3 Å². The predicted octanol–water partition coefficient (Wildman–Crippen LogP) is 5.44. The van der Waals surface area contributed by atoms with Crippen LogP contribution < -0.4 is 5.73 Å². The lowest BCUT2D eigenvalue weighted by Crippen LogP contribution is -2.49. The molecule has 1 aromatic rings. The van der Waals surface area contributed by atoms with Gasteiger partial charge < -0.3 is 5.73 Å². The van der Waals surface area contributed by atoms with Crippen molar-refractivity contribution in [3.63, 3.8) is 0 Å². The van der Waals surface area contributed by atoms with Crippen LogP contribution in [0.4, 0.5) is 0 Å². The Balaban J connectivity index is 1.89. The highest BCUT2D eigenvalue weighted by atomic mass is 79.9. The van der Waals surface area contributed by atoms with Gasteiger partial charge in [-0.15, -0.1) is 0 Å². The van der Waals surface area contributed by atoms with Gasteiger partial charge in [0.15, 0.2) is 0 Å². The van der Waals surface area contributed by atoms with Gasteiger partial charge in [0.25, 0.3) is 0 Å². The van der Waals surface area contributed by atoms with Gasteiger partial charge in [-0.2, -0.15) is 11.3 Å². The van der Waals surface area contributed by atoms with E-state index < -0.39 is 0 Å². The molecule has 2 saturated carbocycles. The normalized spacial score (nSPS) is 33.5. The molecule has 0 amide bonds. The smallest absolute Gasteiger partial charge is 0.0460 e. The molecular weight excluding hydrogens is 318 g/mol. The van der Waals surface area contributed by atoms with E-state index >= 15 is 0 Å². The first-order chi connectivity index (χ1) is 9.22. The molecule has 0 spiro atoms. The molecule has 106 valence electrons. The van der Waals surface area contributed by atoms with Gasteiger partial charge in [-0.05, 0) is 51.6 Å². The topological polar surface area (TPSA) is 26.0 Å². The molecule has 0 aliphatic heterocycles. The lowest BCUT2D eigenvalue weighted by Gasteiger charge is -2.46. The van der Waals surface area contributed by atoms with Crippen molar-refractivity contribution < 1.29 is 0 Å². The fourth-order valence-electron chi connectivity index (χ4n) is 4.37. The molecule has 2 aliphatic carbocycles. The second-order valence-electron chi connectivity index (χ2n) is 6.42. The molecule has 3 rings (SSSR count). The quantitative estimate of drug-likeness (QED) is 0.761. The van der Waals surface area contributed by atoms with Crippen LogP contribution in [0.5, 0.6) is 0 Å². The molecule has 2 aliphatic rings.